The van der Waals surface area contributed by atoms with Gasteiger partial charge >= 0.3 is 0 Å². The summed E-state index contributed by atoms with van der Waals surface area (Å²) in [5, 5.41) is 2.03. The molecule has 2 aromatic carbocycles. The number of carbonyl (C=O) groups excluding carboxylic acids is 2. The van der Waals surface area contributed by atoms with E-state index in [9.17, 15) is 14.0 Å². The van der Waals surface area contributed by atoms with E-state index in [0.717, 1.165) is 18.4 Å². The maximum Gasteiger partial charge on any atom is 0.254 e. The molecule has 0 radical (unpaired) electrons. The second-order valence-electron chi connectivity index (χ2n) is 8.99. The molecule has 0 saturated heterocycles. The van der Waals surface area contributed by atoms with Gasteiger partial charge in [0.15, 0.2) is 0 Å². The molecule has 2 heterocycles. The molecule has 5 nitrogen and oxygen atoms in total. The molecule has 7 heteroatoms. The minimum atomic E-state index is -0.365. The number of hydrogen-bond donors (Lipinski definition) is 0. The number of nitrogens with zero attached hydrogens (tertiary/aromatic N) is 2. The van der Waals surface area contributed by atoms with E-state index >= 15 is 0 Å². The second-order valence-corrected chi connectivity index (χ2v) is 9.99. The fraction of sp³-hybridized carbons (Fsp3) is 0.357. The Morgan fingerprint density at radius 3 is 2.71 bits per heavy atom. The van der Waals surface area contributed by atoms with E-state index in [0.29, 0.717) is 24.4 Å². The summed E-state index contributed by atoms with van der Waals surface area (Å²) < 4.78 is 19.6. The highest BCUT2D eigenvalue weighted by molar-refractivity contribution is 7.10. The first-order chi connectivity index (χ1) is 17.0. The highest BCUT2D eigenvalue weighted by Crippen LogP contribution is 2.34. The molecular formula is C28H31FN2O3S. The predicted molar refractivity (Wildman–Crippen MR) is 136 cm³/mol. The average molecular weight is 495 g/mol. The van der Waals surface area contributed by atoms with Crippen molar-refractivity contribution in [2.24, 2.45) is 5.92 Å². The standard InChI is InChI=1S/C28H31FN2O3S/c1-3-20(2)17-30(28(33)21-8-5-4-6-9-21)18-27(32)31-14-12-26-24(13-15-35-26)25(31)19-34-23-11-7-10-22(29)16-23/h4-11,13,15-16,20,25H,3,12,14,17-19H2,1-2H3/t20-,25+/m0/s1. The van der Waals surface area contributed by atoms with Gasteiger partial charge in [-0.3, -0.25) is 9.59 Å². The van der Waals surface area contributed by atoms with Crippen molar-refractivity contribution in [3.8, 4) is 5.75 Å². The van der Waals surface area contributed by atoms with Crippen LogP contribution in [0, 0.1) is 11.7 Å². The van der Waals surface area contributed by atoms with Crippen molar-refractivity contribution in [1.82, 2.24) is 9.80 Å². The van der Waals surface area contributed by atoms with Crippen molar-refractivity contribution in [2.45, 2.75) is 32.7 Å². The van der Waals surface area contributed by atoms with E-state index in [-0.39, 0.29) is 42.7 Å². The van der Waals surface area contributed by atoms with Crippen LogP contribution in [0.1, 0.15) is 47.1 Å². The van der Waals surface area contributed by atoms with Gasteiger partial charge in [-0.25, -0.2) is 4.39 Å². The molecule has 2 atom stereocenters. The minimum absolute atomic E-state index is 0.00794. The Hall–Kier alpha value is -3.19. The molecule has 0 saturated carbocycles. The lowest BCUT2D eigenvalue weighted by Gasteiger charge is -2.37. The Labute approximate surface area is 210 Å². The summed E-state index contributed by atoms with van der Waals surface area (Å²) in [5.74, 6) is 0.0857. The van der Waals surface area contributed by atoms with E-state index in [2.05, 4.69) is 13.8 Å². The summed E-state index contributed by atoms with van der Waals surface area (Å²) in [6.07, 6.45) is 1.69. The monoisotopic (exact) mass is 494 g/mol. The van der Waals surface area contributed by atoms with Crippen molar-refractivity contribution >= 4 is 23.2 Å². The lowest BCUT2D eigenvalue weighted by molar-refractivity contribution is -0.135. The molecule has 4 rings (SSSR count). The van der Waals surface area contributed by atoms with Crippen molar-refractivity contribution < 1.29 is 18.7 Å². The summed E-state index contributed by atoms with van der Waals surface area (Å²) in [7, 11) is 0. The van der Waals surface area contributed by atoms with Crippen LogP contribution in [0.4, 0.5) is 4.39 Å². The molecule has 3 aromatic rings. The zero-order valence-corrected chi connectivity index (χ0v) is 21.0. The summed E-state index contributed by atoms with van der Waals surface area (Å²) >= 11 is 1.68. The molecule has 1 aromatic heterocycles. The quantitative estimate of drug-likeness (QED) is 0.390. The van der Waals surface area contributed by atoms with Crippen molar-refractivity contribution in [1.29, 1.82) is 0 Å². The second kappa shape index (κ2) is 11.5. The molecule has 0 aliphatic carbocycles. The summed E-state index contributed by atoms with van der Waals surface area (Å²) in [6, 6.07) is 16.9. The lowest BCUT2D eigenvalue weighted by Crippen LogP contribution is -2.48. The van der Waals surface area contributed by atoms with E-state index in [1.165, 1.54) is 17.0 Å². The van der Waals surface area contributed by atoms with Gasteiger partial charge in [-0.15, -0.1) is 11.3 Å². The Morgan fingerprint density at radius 1 is 1.17 bits per heavy atom. The van der Waals surface area contributed by atoms with Crippen LogP contribution in [0.2, 0.25) is 0 Å². The van der Waals surface area contributed by atoms with Crippen molar-refractivity contribution in [3.05, 3.63) is 87.9 Å². The minimum Gasteiger partial charge on any atom is -0.491 e. The smallest absolute Gasteiger partial charge is 0.254 e. The maximum absolute atomic E-state index is 13.6. The maximum atomic E-state index is 13.6. The van der Waals surface area contributed by atoms with Crippen LogP contribution in [0.5, 0.6) is 5.75 Å². The third-order valence-electron chi connectivity index (χ3n) is 6.48. The molecule has 1 aliphatic heterocycles. The fourth-order valence-corrected chi connectivity index (χ4v) is 5.28. The largest absolute Gasteiger partial charge is 0.491 e. The predicted octanol–water partition coefficient (Wildman–Crippen LogP) is 5.58. The molecule has 0 fully saturated rings. The Bertz CT molecular complexity index is 1150. The first kappa shape index (κ1) is 24.9. The van der Waals surface area contributed by atoms with Crippen LogP contribution >= 0.6 is 11.3 Å². The van der Waals surface area contributed by atoms with E-state index in [1.807, 2.05) is 34.5 Å². The molecule has 0 bridgehead atoms. The molecular weight excluding hydrogens is 463 g/mol. The van der Waals surface area contributed by atoms with Crippen LogP contribution in [0.3, 0.4) is 0 Å². The van der Waals surface area contributed by atoms with Crippen molar-refractivity contribution in [2.75, 3.05) is 26.2 Å². The number of fused-ring (bicyclic) bond motifs is 1. The molecule has 184 valence electrons. The SMILES string of the molecule is CC[C@H](C)CN(CC(=O)N1CCc2sccc2[C@H]1COc1cccc(F)c1)C(=O)c1ccccc1. The average Bonchev–Trinajstić information content (AvgIpc) is 3.36. The Kier molecular flexibility index (Phi) is 8.18. The Morgan fingerprint density at radius 2 is 1.97 bits per heavy atom. The van der Waals surface area contributed by atoms with Crippen LogP contribution in [-0.4, -0.2) is 47.9 Å². The summed E-state index contributed by atoms with van der Waals surface area (Å²) in [5.41, 5.74) is 1.64. The molecule has 2 amide bonds. The van der Waals surface area contributed by atoms with Crippen molar-refractivity contribution in [3.63, 3.8) is 0 Å². The van der Waals surface area contributed by atoms with Gasteiger partial charge in [0.1, 0.15) is 24.7 Å². The normalized spacial score (nSPS) is 15.9. The first-order valence-electron chi connectivity index (χ1n) is 12.0. The number of carbonyl (C=O) groups is 2. The number of hydrogen-bond acceptors (Lipinski definition) is 4. The van der Waals surface area contributed by atoms with Gasteiger partial charge in [0.25, 0.3) is 5.91 Å². The number of rotatable bonds is 9. The van der Waals surface area contributed by atoms with Gasteiger partial charge in [-0.05, 0) is 53.6 Å². The lowest BCUT2D eigenvalue weighted by atomic mass is 10.00. The van der Waals surface area contributed by atoms with Gasteiger partial charge < -0.3 is 14.5 Å². The number of benzene rings is 2. The van der Waals surface area contributed by atoms with Crippen LogP contribution in [0.15, 0.2) is 66.0 Å². The van der Waals surface area contributed by atoms with Gasteiger partial charge in [-0.1, -0.05) is 44.5 Å². The van der Waals surface area contributed by atoms with E-state index < -0.39 is 0 Å². The van der Waals surface area contributed by atoms with Gasteiger partial charge in [0, 0.05) is 29.6 Å². The zero-order valence-electron chi connectivity index (χ0n) is 20.2. The fourth-order valence-electron chi connectivity index (χ4n) is 4.35. The summed E-state index contributed by atoms with van der Waals surface area (Å²) in [6.45, 7) is 5.47. The first-order valence-corrected chi connectivity index (χ1v) is 12.9. The number of halogens is 1. The third-order valence-corrected chi connectivity index (χ3v) is 7.48. The van der Waals surface area contributed by atoms with E-state index in [1.54, 1.807) is 40.5 Å². The molecule has 0 unspecified atom stereocenters. The third kappa shape index (κ3) is 6.09. The Balaban J connectivity index is 1.54. The van der Waals surface area contributed by atoms with Crippen LogP contribution < -0.4 is 4.74 Å². The van der Waals surface area contributed by atoms with Gasteiger partial charge in [-0.2, -0.15) is 0 Å². The summed E-state index contributed by atoms with van der Waals surface area (Å²) in [4.78, 5) is 31.7. The van der Waals surface area contributed by atoms with Crippen LogP contribution in [-0.2, 0) is 11.2 Å². The molecule has 0 N–H and O–H groups in total. The van der Waals surface area contributed by atoms with Gasteiger partial charge in [0.05, 0.1) is 6.04 Å². The molecule has 1 aliphatic rings. The molecule has 35 heavy (non-hydrogen) atoms. The highest BCUT2D eigenvalue weighted by Gasteiger charge is 2.34. The number of amides is 2. The molecule has 0 spiro atoms. The zero-order chi connectivity index (χ0) is 24.8. The van der Waals surface area contributed by atoms with E-state index in [4.69, 9.17) is 4.74 Å². The topological polar surface area (TPSA) is 49.9 Å². The van der Waals surface area contributed by atoms with Gasteiger partial charge in [0.2, 0.25) is 5.91 Å². The highest BCUT2D eigenvalue weighted by atomic mass is 32.1. The number of thiophene rings is 1. The van der Waals surface area contributed by atoms with Crippen LogP contribution in [0.25, 0.3) is 0 Å². The number of ether oxygens (including phenoxy) is 1.